The van der Waals surface area contributed by atoms with Crippen LogP contribution in [-0.2, 0) is 37.6 Å². The molecular weight excluding hydrogens is 634 g/mol. The SMILES string of the molecule is Cn1c(N)c(NC(=O)NCCN)c[n+]1CC1=C(C(=O)O)C2C(=O)[C@@H](NC(=O)/C(=N\OC(C)(C)C(=O)O)c3nsc(N)n3)[C@H]2SC1. The molecule has 1 unspecified atom stereocenters. The van der Waals surface area contributed by atoms with Gasteiger partial charge in [0.05, 0.1) is 18.5 Å². The second-order valence-corrected chi connectivity index (χ2v) is 12.4. The van der Waals surface area contributed by atoms with Crippen LogP contribution in [0, 0.1) is 5.92 Å². The fourth-order valence-corrected chi connectivity index (χ4v) is 6.42. The molecule has 21 heteroatoms. The summed E-state index contributed by atoms with van der Waals surface area (Å²) < 4.78 is 7.06. The topological polar surface area (TPSA) is 296 Å². The van der Waals surface area contributed by atoms with Crippen molar-refractivity contribution in [3.63, 3.8) is 0 Å². The van der Waals surface area contributed by atoms with E-state index in [2.05, 4.69) is 30.5 Å². The van der Waals surface area contributed by atoms with Gasteiger partial charge in [-0.2, -0.15) is 21.1 Å². The van der Waals surface area contributed by atoms with Crippen molar-refractivity contribution < 1.29 is 43.7 Å². The average Bonchev–Trinajstić information content (AvgIpc) is 3.52. The first-order valence-electron chi connectivity index (χ1n) is 13.3. The van der Waals surface area contributed by atoms with Crippen LogP contribution in [0.4, 0.5) is 21.4 Å². The highest BCUT2D eigenvalue weighted by Gasteiger charge is 2.57. The number of Topliss-reactive ketones (excluding diaryl/α,β-unsaturated/α-hetero) is 1. The molecule has 11 N–H and O–H groups in total. The van der Waals surface area contributed by atoms with Gasteiger partial charge in [0, 0.05) is 41.2 Å². The van der Waals surface area contributed by atoms with Gasteiger partial charge in [0.2, 0.25) is 23.3 Å². The van der Waals surface area contributed by atoms with E-state index in [1.165, 1.54) is 30.3 Å². The first kappa shape index (κ1) is 33.1. The van der Waals surface area contributed by atoms with E-state index in [1.54, 1.807) is 17.9 Å². The van der Waals surface area contributed by atoms with E-state index in [-0.39, 0.29) is 53.4 Å². The minimum absolute atomic E-state index is 0.00462. The molecule has 242 valence electrons. The molecule has 1 aliphatic carbocycles. The summed E-state index contributed by atoms with van der Waals surface area (Å²) in [6.45, 7) is 2.99. The second kappa shape index (κ2) is 13.1. The number of rotatable bonds is 12. The molecule has 2 aromatic heterocycles. The predicted molar refractivity (Wildman–Crippen MR) is 161 cm³/mol. The number of carbonyl (C=O) groups excluding carboxylic acids is 3. The molecule has 3 atom stereocenters. The van der Waals surface area contributed by atoms with Crippen molar-refractivity contribution in [1.29, 1.82) is 0 Å². The number of nitrogen functional groups attached to an aromatic ring is 2. The van der Waals surface area contributed by atoms with E-state index in [9.17, 15) is 34.2 Å². The van der Waals surface area contributed by atoms with Crippen LogP contribution in [-0.4, -0.2) is 95.4 Å². The fourth-order valence-electron chi connectivity index (χ4n) is 4.49. The number of ketones is 1. The fraction of sp³-hybridized carbons (Fsp3) is 0.458. The van der Waals surface area contributed by atoms with Crippen molar-refractivity contribution in [1.82, 2.24) is 24.7 Å². The quantitative estimate of drug-likeness (QED) is 0.0682. The third-order valence-electron chi connectivity index (χ3n) is 7.00. The zero-order valence-corrected chi connectivity index (χ0v) is 25.9. The number of thioether (sulfide) groups is 1. The van der Waals surface area contributed by atoms with Gasteiger partial charge in [0.15, 0.2) is 29.0 Å². The number of carboxylic acid groups (broad SMARTS) is 2. The first-order valence-corrected chi connectivity index (χ1v) is 15.1. The summed E-state index contributed by atoms with van der Waals surface area (Å²) >= 11 is 2.05. The Hall–Kier alpha value is -4.76. The zero-order chi connectivity index (χ0) is 33.2. The summed E-state index contributed by atoms with van der Waals surface area (Å²) in [7, 11) is 1.63. The molecule has 0 bridgehead atoms. The van der Waals surface area contributed by atoms with Crippen LogP contribution in [0.2, 0.25) is 0 Å². The minimum atomic E-state index is -1.81. The summed E-state index contributed by atoms with van der Waals surface area (Å²) in [4.78, 5) is 71.5. The number of carbonyl (C=O) groups is 5. The second-order valence-electron chi connectivity index (χ2n) is 10.5. The summed E-state index contributed by atoms with van der Waals surface area (Å²) in [5, 5.41) is 30.2. The highest BCUT2D eigenvalue weighted by atomic mass is 32.2. The average molecular weight is 667 g/mol. The molecular formula is C24H32N11O8S2+. The molecule has 1 fully saturated rings. The van der Waals surface area contributed by atoms with Gasteiger partial charge < -0.3 is 42.9 Å². The third-order valence-corrected chi connectivity index (χ3v) is 8.98. The summed E-state index contributed by atoms with van der Waals surface area (Å²) in [6.07, 6.45) is 1.54. The van der Waals surface area contributed by atoms with E-state index in [0.717, 1.165) is 11.5 Å². The van der Waals surface area contributed by atoms with E-state index < -0.39 is 58.2 Å². The van der Waals surface area contributed by atoms with Gasteiger partial charge in [-0.25, -0.2) is 14.4 Å². The van der Waals surface area contributed by atoms with E-state index in [1.807, 2.05) is 0 Å². The van der Waals surface area contributed by atoms with Gasteiger partial charge in [0.1, 0.15) is 6.04 Å². The molecule has 2 aliphatic rings. The third kappa shape index (κ3) is 6.83. The Labute approximate surface area is 263 Å². The number of fused-ring (bicyclic) bond motifs is 1. The van der Waals surface area contributed by atoms with Crippen LogP contribution in [0.1, 0.15) is 19.7 Å². The zero-order valence-electron chi connectivity index (χ0n) is 24.3. The summed E-state index contributed by atoms with van der Waals surface area (Å²) in [5.74, 6) is -4.96. The lowest BCUT2D eigenvalue weighted by Gasteiger charge is -2.45. The predicted octanol–water partition coefficient (Wildman–Crippen LogP) is -2.13. The largest absolute Gasteiger partial charge is 0.478 e. The summed E-state index contributed by atoms with van der Waals surface area (Å²) in [6, 6.07) is -1.60. The van der Waals surface area contributed by atoms with Crippen molar-refractivity contribution in [2.45, 2.75) is 37.3 Å². The lowest BCUT2D eigenvalue weighted by atomic mass is 9.71. The van der Waals surface area contributed by atoms with Gasteiger partial charge in [-0.05, 0) is 13.8 Å². The Morgan fingerprint density at radius 3 is 2.58 bits per heavy atom. The first-order chi connectivity index (χ1) is 21.2. The number of hydrogen-bond donors (Lipinski definition) is 8. The Morgan fingerprint density at radius 1 is 1.27 bits per heavy atom. The number of aliphatic carboxylic acids is 2. The van der Waals surface area contributed by atoms with Gasteiger partial charge >= 0.3 is 18.0 Å². The number of anilines is 3. The van der Waals surface area contributed by atoms with Gasteiger partial charge in [-0.3, -0.25) is 14.9 Å². The maximum atomic E-state index is 13.3. The number of nitrogens with two attached hydrogens (primary N) is 3. The number of amides is 3. The molecule has 3 heterocycles. The van der Waals surface area contributed by atoms with E-state index in [4.69, 9.17) is 22.0 Å². The van der Waals surface area contributed by atoms with Crippen LogP contribution >= 0.6 is 23.3 Å². The number of hydrogen-bond acceptors (Lipinski definition) is 14. The van der Waals surface area contributed by atoms with Gasteiger partial charge in [0.25, 0.3) is 5.91 Å². The van der Waals surface area contributed by atoms with E-state index >= 15 is 0 Å². The van der Waals surface area contributed by atoms with Gasteiger partial charge in [-0.1, -0.05) is 5.16 Å². The van der Waals surface area contributed by atoms with Crippen molar-refractivity contribution in [2.75, 3.05) is 35.6 Å². The standard InChI is InChI=1S/C24H31N11O8S2/c1-24(2,21(40)41)43-32-14(18-31-22(27)45-33-18)19(37)30-13-15(36)12-11(20(38)39)9(8-44-16(12)13)6-35-7-10(17(26)34(35)3)29-23(42)28-5-4-25/h7,12-13,16,26H,4-6,8,25H2,1-3H3,(H7,27,28,29,30,31,33,37,38,39,40,41,42)/p+1/b32-14-/t12?,13-,16+/m1/s1. The van der Waals surface area contributed by atoms with Crippen molar-refractivity contribution >= 4 is 75.3 Å². The maximum absolute atomic E-state index is 13.3. The molecule has 45 heavy (non-hydrogen) atoms. The highest BCUT2D eigenvalue weighted by Crippen LogP contribution is 2.45. The smallest absolute Gasteiger partial charge is 0.350 e. The molecule has 1 saturated carbocycles. The van der Waals surface area contributed by atoms with E-state index in [0.29, 0.717) is 5.57 Å². The van der Waals surface area contributed by atoms with Crippen LogP contribution < -0.4 is 37.8 Å². The highest BCUT2D eigenvalue weighted by molar-refractivity contribution is 8.00. The maximum Gasteiger partial charge on any atom is 0.350 e. The number of nitrogens with zero attached hydrogens (tertiary/aromatic N) is 5. The lowest BCUT2D eigenvalue weighted by molar-refractivity contribution is -0.765. The molecule has 0 aromatic carbocycles. The van der Waals surface area contributed by atoms with Crippen LogP contribution in [0.5, 0.6) is 0 Å². The summed E-state index contributed by atoms with van der Waals surface area (Å²) in [5.41, 5.74) is 15.5. The molecule has 3 amide bonds. The van der Waals surface area contributed by atoms with Crippen molar-refractivity contribution in [3.8, 4) is 0 Å². The molecule has 0 spiro atoms. The van der Waals surface area contributed by atoms with Crippen molar-refractivity contribution in [2.24, 2.45) is 23.9 Å². The lowest BCUT2D eigenvalue weighted by Crippen LogP contribution is -2.66. The monoisotopic (exact) mass is 666 g/mol. The Morgan fingerprint density at radius 2 is 1.98 bits per heavy atom. The molecule has 1 aliphatic heterocycles. The molecule has 0 saturated heterocycles. The minimum Gasteiger partial charge on any atom is -0.478 e. The number of oxime groups is 1. The normalized spacial score (nSPS) is 19.8. The van der Waals surface area contributed by atoms with Crippen LogP contribution in [0.15, 0.2) is 22.5 Å². The number of nitrogens with one attached hydrogen (secondary N) is 3. The number of urea groups is 1. The van der Waals surface area contributed by atoms with Crippen LogP contribution in [0.25, 0.3) is 0 Å². The molecule has 2 aromatic rings. The molecule has 0 radical (unpaired) electrons. The van der Waals surface area contributed by atoms with Gasteiger partial charge in [-0.15, -0.1) is 9.36 Å². The number of carboxylic acids is 2. The van der Waals surface area contributed by atoms with Crippen molar-refractivity contribution in [3.05, 3.63) is 23.2 Å². The molecule has 19 nitrogen and oxygen atoms in total. The van der Waals surface area contributed by atoms with Crippen LogP contribution in [0.3, 0.4) is 0 Å². The Balaban J connectivity index is 1.54. The Bertz CT molecular complexity index is 1620. The Kier molecular flexibility index (Phi) is 9.63. The molecule has 4 rings (SSSR count). The number of aromatic nitrogens is 4.